The molecule has 0 fully saturated rings. The third-order valence-corrected chi connectivity index (χ3v) is 6.22. The zero-order valence-corrected chi connectivity index (χ0v) is 17.6. The number of allylic oxidation sites excluding steroid dienone is 1. The molecule has 2 aromatic carbocycles. The molecule has 1 aromatic heterocycles. The Morgan fingerprint density at radius 1 is 1.20 bits per heavy atom. The predicted molar refractivity (Wildman–Crippen MR) is 116 cm³/mol. The second-order valence-electron chi connectivity index (χ2n) is 7.39. The fourth-order valence-corrected chi connectivity index (χ4v) is 4.62. The molecule has 0 radical (unpaired) electrons. The third kappa shape index (κ3) is 3.28. The van der Waals surface area contributed by atoms with Crippen LogP contribution in [0.5, 0.6) is 17.2 Å². The Hall–Kier alpha value is -3.09. The number of ether oxygens (including phenoxy) is 3. The maximum atomic E-state index is 13.0. The molecule has 0 unspecified atom stereocenters. The van der Waals surface area contributed by atoms with Crippen LogP contribution in [0, 0.1) is 6.92 Å². The van der Waals surface area contributed by atoms with E-state index in [1.54, 1.807) is 24.5 Å². The van der Waals surface area contributed by atoms with Gasteiger partial charge in [0.1, 0.15) is 24.0 Å². The van der Waals surface area contributed by atoms with Crippen molar-refractivity contribution in [1.29, 1.82) is 0 Å². The highest BCUT2D eigenvalue weighted by molar-refractivity contribution is 7.10. The Balaban J connectivity index is 1.43. The van der Waals surface area contributed by atoms with Gasteiger partial charge in [-0.3, -0.25) is 9.69 Å². The summed E-state index contributed by atoms with van der Waals surface area (Å²) in [5.41, 5.74) is 3.59. The molecule has 2 aliphatic rings. The van der Waals surface area contributed by atoms with Crippen molar-refractivity contribution in [1.82, 2.24) is 4.90 Å². The minimum Gasteiger partial charge on any atom is -0.496 e. The van der Waals surface area contributed by atoms with Crippen molar-refractivity contribution < 1.29 is 19.0 Å². The molecule has 0 amide bonds. The summed E-state index contributed by atoms with van der Waals surface area (Å²) in [4.78, 5) is 16.1. The highest BCUT2D eigenvalue weighted by Crippen LogP contribution is 2.43. The summed E-state index contributed by atoms with van der Waals surface area (Å²) >= 11 is 1.57. The van der Waals surface area contributed by atoms with Crippen molar-refractivity contribution in [3.8, 4) is 17.2 Å². The summed E-state index contributed by atoms with van der Waals surface area (Å²) in [6.45, 7) is 3.82. The van der Waals surface area contributed by atoms with Crippen LogP contribution in [0.25, 0.3) is 6.08 Å². The van der Waals surface area contributed by atoms with Crippen LogP contribution in [0.2, 0.25) is 0 Å². The largest absolute Gasteiger partial charge is 0.496 e. The van der Waals surface area contributed by atoms with Crippen LogP contribution in [-0.4, -0.2) is 24.5 Å². The SMILES string of the molecule is COc1ccccc1CN1COc2c(cc3c(c2C)O/C(=C\c2cccs2)C3=O)C1. The van der Waals surface area contributed by atoms with Crippen molar-refractivity contribution >= 4 is 23.2 Å². The Morgan fingerprint density at radius 2 is 2.07 bits per heavy atom. The number of benzene rings is 2. The molecule has 3 heterocycles. The van der Waals surface area contributed by atoms with Crippen LogP contribution >= 0.6 is 11.3 Å². The number of para-hydroxylation sites is 1. The minimum atomic E-state index is -0.0776. The number of hydrogen-bond donors (Lipinski definition) is 0. The van der Waals surface area contributed by atoms with Gasteiger partial charge in [0.15, 0.2) is 5.76 Å². The molecule has 2 aliphatic heterocycles. The van der Waals surface area contributed by atoms with Gasteiger partial charge in [-0.1, -0.05) is 24.3 Å². The van der Waals surface area contributed by atoms with E-state index in [-0.39, 0.29) is 5.78 Å². The maximum Gasteiger partial charge on any atom is 0.232 e. The number of rotatable bonds is 4. The highest BCUT2D eigenvalue weighted by atomic mass is 32.1. The first kappa shape index (κ1) is 18.9. The zero-order valence-electron chi connectivity index (χ0n) is 16.8. The van der Waals surface area contributed by atoms with Gasteiger partial charge in [0.2, 0.25) is 5.78 Å². The van der Waals surface area contributed by atoms with Crippen LogP contribution in [0.3, 0.4) is 0 Å². The van der Waals surface area contributed by atoms with E-state index in [1.807, 2.05) is 48.7 Å². The summed E-state index contributed by atoms with van der Waals surface area (Å²) in [6.07, 6.45) is 1.81. The summed E-state index contributed by atoms with van der Waals surface area (Å²) in [7, 11) is 1.68. The molecule has 0 bridgehead atoms. The van der Waals surface area contributed by atoms with Gasteiger partial charge in [0.25, 0.3) is 0 Å². The van der Waals surface area contributed by atoms with Gasteiger partial charge in [0, 0.05) is 40.7 Å². The first-order valence-corrected chi connectivity index (χ1v) is 10.6. The van der Waals surface area contributed by atoms with Gasteiger partial charge in [-0.25, -0.2) is 0 Å². The lowest BCUT2D eigenvalue weighted by molar-refractivity contribution is 0.0869. The molecule has 152 valence electrons. The zero-order chi connectivity index (χ0) is 20.7. The molecule has 5 rings (SSSR count). The van der Waals surface area contributed by atoms with E-state index in [2.05, 4.69) is 11.0 Å². The van der Waals surface area contributed by atoms with Gasteiger partial charge in [0.05, 0.1) is 12.7 Å². The molecule has 6 heteroatoms. The van der Waals surface area contributed by atoms with Crippen molar-refractivity contribution in [3.05, 3.63) is 80.7 Å². The number of ketones is 1. The smallest absolute Gasteiger partial charge is 0.232 e. The van der Waals surface area contributed by atoms with E-state index < -0.39 is 0 Å². The first-order chi connectivity index (χ1) is 14.6. The number of hydrogen-bond acceptors (Lipinski definition) is 6. The molecule has 5 nitrogen and oxygen atoms in total. The Kier molecular flexibility index (Phi) is 4.81. The van der Waals surface area contributed by atoms with E-state index in [4.69, 9.17) is 14.2 Å². The summed E-state index contributed by atoms with van der Waals surface area (Å²) in [5, 5.41) is 1.98. The third-order valence-electron chi connectivity index (χ3n) is 5.40. The standard InChI is InChI=1S/C24H21NO4S/c1-15-23-17(13-25(14-28-23)12-16-6-3-4-8-20(16)27-2)10-19-22(26)21(29-24(15)19)11-18-7-5-9-30-18/h3-11H,12-14H2,1-2H3/b21-11-. The topological polar surface area (TPSA) is 48.0 Å². The monoisotopic (exact) mass is 419 g/mol. The Morgan fingerprint density at radius 3 is 2.87 bits per heavy atom. The van der Waals surface area contributed by atoms with E-state index in [1.165, 1.54) is 0 Å². The lowest BCUT2D eigenvalue weighted by Gasteiger charge is -2.30. The molecule has 0 saturated carbocycles. The van der Waals surface area contributed by atoms with Crippen molar-refractivity contribution in [2.45, 2.75) is 20.0 Å². The predicted octanol–water partition coefficient (Wildman–Crippen LogP) is 5.03. The first-order valence-electron chi connectivity index (χ1n) is 9.75. The van der Waals surface area contributed by atoms with Crippen LogP contribution in [0.4, 0.5) is 0 Å². The molecule has 0 aliphatic carbocycles. The Bertz CT molecular complexity index is 1150. The molecule has 3 aromatic rings. The number of carbonyl (C=O) groups excluding carboxylic acids is 1. The van der Waals surface area contributed by atoms with E-state index >= 15 is 0 Å². The van der Waals surface area contributed by atoms with Gasteiger partial charge in [-0.05, 0) is 30.5 Å². The van der Waals surface area contributed by atoms with E-state index in [0.717, 1.165) is 33.1 Å². The average Bonchev–Trinajstić information content (AvgIpc) is 3.38. The molecular weight excluding hydrogens is 398 g/mol. The minimum absolute atomic E-state index is 0.0776. The van der Waals surface area contributed by atoms with Gasteiger partial charge in [-0.2, -0.15) is 0 Å². The highest BCUT2D eigenvalue weighted by Gasteiger charge is 2.33. The summed E-state index contributed by atoms with van der Waals surface area (Å²) in [5.74, 6) is 2.57. The lowest BCUT2D eigenvalue weighted by Crippen LogP contribution is -2.32. The molecular formula is C24H21NO4S. The van der Waals surface area contributed by atoms with Crippen LogP contribution in [-0.2, 0) is 13.1 Å². The van der Waals surface area contributed by atoms with Gasteiger partial charge >= 0.3 is 0 Å². The quantitative estimate of drug-likeness (QED) is 0.555. The number of thiophene rings is 1. The number of fused-ring (bicyclic) bond motifs is 2. The normalized spacial score (nSPS) is 16.7. The number of Topliss-reactive ketones (excluding diaryl/α,β-unsaturated/α-hetero) is 1. The number of nitrogens with zero attached hydrogens (tertiary/aromatic N) is 1. The van der Waals surface area contributed by atoms with E-state index in [0.29, 0.717) is 36.9 Å². The maximum absolute atomic E-state index is 13.0. The fraction of sp³-hybridized carbons (Fsp3) is 0.208. The van der Waals surface area contributed by atoms with Crippen molar-refractivity contribution in [3.63, 3.8) is 0 Å². The second-order valence-corrected chi connectivity index (χ2v) is 8.37. The fourth-order valence-electron chi connectivity index (χ4n) is 3.97. The van der Waals surface area contributed by atoms with E-state index in [9.17, 15) is 4.79 Å². The molecule has 0 saturated heterocycles. The molecule has 0 N–H and O–H groups in total. The van der Waals surface area contributed by atoms with Crippen molar-refractivity contribution in [2.24, 2.45) is 0 Å². The van der Waals surface area contributed by atoms with Gasteiger partial charge < -0.3 is 14.2 Å². The van der Waals surface area contributed by atoms with Crippen LogP contribution in [0.1, 0.15) is 31.9 Å². The average molecular weight is 420 g/mol. The molecule has 0 spiro atoms. The number of carbonyl (C=O) groups is 1. The van der Waals surface area contributed by atoms with Gasteiger partial charge in [-0.15, -0.1) is 11.3 Å². The summed E-state index contributed by atoms with van der Waals surface area (Å²) in [6, 6.07) is 13.8. The molecule has 30 heavy (non-hydrogen) atoms. The lowest BCUT2D eigenvalue weighted by atomic mass is 10.00. The van der Waals surface area contributed by atoms with Crippen LogP contribution < -0.4 is 14.2 Å². The Labute approximate surface area is 179 Å². The second kappa shape index (κ2) is 7.63. The number of methoxy groups -OCH3 is 1. The van der Waals surface area contributed by atoms with Crippen molar-refractivity contribution in [2.75, 3.05) is 13.8 Å². The van der Waals surface area contributed by atoms with Crippen LogP contribution in [0.15, 0.2) is 53.6 Å². The summed E-state index contributed by atoms with van der Waals surface area (Å²) < 4.78 is 17.5. The molecule has 0 atom stereocenters.